The predicted octanol–water partition coefficient (Wildman–Crippen LogP) is 5.65. The number of rotatable bonds is 6. The number of thiophene rings is 1. The van der Waals surface area contributed by atoms with Gasteiger partial charge in [0, 0.05) is 23.5 Å². The Balaban J connectivity index is 1.49. The quantitative estimate of drug-likeness (QED) is 0.265. The number of aromatic nitrogens is 4. The van der Waals surface area contributed by atoms with Gasteiger partial charge in [-0.25, -0.2) is 14.8 Å². The molecule has 2 atom stereocenters. The van der Waals surface area contributed by atoms with E-state index in [2.05, 4.69) is 14.5 Å². The summed E-state index contributed by atoms with van der Waals surface area (Å²) >= 11 is 1.57. The summed E-state index contributed by atoms with van der Waals surface area (Å²) in [7, 11) is 1.34. The number of ether oxygens (including phenoxy) is 1. The van der Waals surface area contributed by atoms with Crippen LogP contribution in [0.5, 0.6) is 0 Å². The highest BCUT2D eigenvalue weighted by atomic mass is 32.1. The molecule has 1 fully saturated rings. The minimum Gasteiger partial charge on any atom is -0.464 e. The Morgan fingerprint density at radius 1 is 1.12 bits per heavy atom. The van der Waals surface area contributed by atoms with Crippen LogP contribution in [0.15, 0.2) is 48.7 Å². The van der Waals surface area contributed by atoms with Crippen LogP contribution in [-0.2, 0) is 4.74 Å². The van der Waals surface area contributed by atoms with Gasteiger partial charge in [0.2, 0.25) is 0 Å². The number of carbonyl (C=O) groups excluding carboxylic acids is 2. The molecule has 0 aliphatic heterocycles. The van der Waals surface area contributed by atoms with Crippen LogP contribution in [0.2, 0.25) is 0 Å². The fourth-order valence-corrected chi connectivity index (χ4v) is 5.69. The minimum atomic E-state index is -0.490. The van der Waals surface area contributed by atoms with Gasteiger partial charge in [-0.3, -0.25) is 9.78 Å². The summed E-state index contributed by atoms with van der Waals surface area (Å²) in [6.45, 7) is 2.03. The first-order valence-corrected chi connectivity index (χ1v) is 12.3. The zero-order chi connectivity index (χ0) is 23.7. The van der Waals surface area contributed by atoms with E-state index in [0.717, 1.165) is 52.5 Å². The second-order valence-electron chi connectivity index (χ2n) is 8.78. The lowest BCUT2D eigenvalue weighted by atomic mass is 9.82. The molecule has 0 amide bonds. The van der Waals surface area contributed by atoms with Gasteiger partial charge in [0.05, 0.1) is 17.5 Å². The summed E-state index contributed by atoms with van der Waals surface area (Å²) < 4.78 is 7.04. The van der Waals surface area contributed by atoms with Crippen LogP contribution in [0.3, 0.4) is 0 Å². The third-order valence-corrected chi connectivity index (χ3v) is 7.49. The second kappa shape index (κ2) is 9.46. The van der Waals surface area contributed by atoms with Crippen molar-refractivity contribution in [1.82, 2.24) is 19.5 Å². The first-order chi connectivity index (χ1) is 16.5. The Labute approximate surface area is 201 Å². The Kier molecular flexibility index (Phi) is 6.24. The maximum atomic E-state index is 12.9. The minimum absolute atomic E-state index is 0.171. The third kappa shape index (κ3) is 4.37. The molecule has 174 valence electrons. The van der Waals surface area contributed by atoms with E-state index in [0.29, 0.717) is 18.0 Å². The summed E-state index contributed by atoms with van der Waals surface area (Å²) in [6.07, 6.45) is 6.28. The number of fused-ring (bicyclic) bond motifs is 1. The summed E-state index contributed by atoms with van der Waals surface area (Å²) in [4.78, 5) is 40.7. The molecule has 4 aromatic heterocycles. The Bertz CT molecular complexity index is 1340. The van der Waals surface area contributed by atoms with Gasteiger partial charge in [0.25, 0.3) is 0 Å². The van der Waals surface area contributed by atoms with Gasteiger partial charge in [0.1, 0.15) is 5.69 Å². The number of methoxy groups -OCH3 is 1. The summed E-state index contributed by atoms with van der Waals surface area (Å²) in [5, 5.41) is 0. The molecule has 0 saturated heterocycles. The van der Waals surface area contributed by atoms with Gasteiger partial charge in [-0.05, 0) is 68.5 Å². The Morgan fingerprint density at radius 2 is 2.00 bits per heavy atom. The Morgan fingerprint density at radius 3 is 2.74 bits per heavy atom. The van der Waals surface area contributed by atoms with E-state index >= 15 is 0 Å². The number of pyridine rings is 2. The van der Waals surface area contributed by atoms with Crippen molar-refractivity contribution in [2.45, 2.75) is 45.1 Å². The molecule has 0 radical (unpaired) electrons. The fraction of sp³-hybridized carbons (Fsp3) is 0.346. The standard InChI is InChI=1S/C26H26N4O3S/c1-16-9-12-23(34-16)22(31)15-17-6-5-7-18(14-17)30-21-11-10-20(26(32)33-2)28-24(21)29-25(30)19-8-3-4-13-27-19/h3-4,8-13,17-18H,5-7,14-15H2,1-2H3/t17-,18+/m0/s1. The topological polar surface area (TPSA) is 87.0 Å². The number of nitrogens with zero attached hydrogens (tertiary/aromatic N) is 4. The van der Waals surface area contributed by atoms with Crippen molar-refractivity contribution in [3.05, 3.63) is 64.1 Å². The average Bonchev–Trinajstić information content (AvgIpc) is 3.47. The molecule has 1 saturated carbocycles. The van der Waals surface area contributed by atoms with Gasteiger partial charge in [-0.2, -0.15) is 0 Å². The van der Waals surface area contributed by atoms with Crippen molar-refractivity contribution in [1.29, 1.82) is 0 Å². The number of hydrogen-bond donors (Lipinski definition) is 0. The van der Waals surface area contributed by atoms with E-state index in [4.69, 9.17) is 9.72 Å². The summed E-state index contributed by atoms with van der Waals surface area (Å²) in [5.41, 5.74) is 2.34. The van der Waals surface area contributed by atoms with Crippen LogP contribution in [0, 0.1) is 12.8 Å². The molecule has 5 rings (SSSR count). The number of imidazole rings is 1. The van der Waals surface area contributed by atoms with Gasteiger partial charge < -0.3 is 9.30 Å². The zero-order valence-electron chi connectivity index (χ0n) is 19.2. The maximum absolute atomic E-state index is 12.9. The van der Waals surface area contributed by atoms with Gasteiger partial charge in [-0.15, -0.1) is 11.3 Å². The first-order valence-electron chi connectivity index (χ1n) is 11.5. The van der Waals surface area contributed by atoms with Crippen molar-refractivity contribution < 1.29 is 14.3 Å². The maximum Gasteiger partial charge on any atom is 0.356 e. The highest BCUT2D eigenvalue weighted by Crippen LogP contribution is 2.39. The van der Waals surface area contributed by atoms with Crippen LogP contribution in [0.1, 0.15) is 63.2 Å². The van der Waals surface area contributed by atoms with Gasteiger partial charge in [0.15, 0.2) is 22.9 Å². The van der Waals surface area contributed by atoms with E-state index in [1.807, 2.05) is 43.3 Å². The molecule has 0 unspecified atom stereocenters. The molecule has 34 heavy (non-hydrogen) atoms. The normalized spacial score (nSPS) is 18.2. The molecule has 7 nitrogen and oxygen atoms in total. The number of ketones is 1. The second-order valence-corrected chi connectivity index (χ2v) is 10.1. The number of esters is 1. The molecule has 4 aromatic rings. The third-order valence-electron chi connectivity index (χ3n) is 6.45. The smallest absolute Gasteiger partial charge is 0.356 e. The molecule has 1 aliphatic carbocycles. The van der Waals surface area contributed by atoms with Gasteiger partial charge in [-0.1, -0.05) is 12.5 Å². The number of carbonyl (C=O) groups is 2. The molecule has 1 aliphatic rings. The monoisotopic (exact) mass is 474 g/mol. The zero-order valence-corrected chi connectivity index (χ0v) is 20.0. The van der Waals surface area contributed by atoms with Crippen LogP contribution in [0.4, 0.5) is 0 Å². The lowest BCUT2D eigenvalue weighted by Crippen LogP contribution is -2.22. The highest BCUT2D eigenvalue weighted by Gasteiger charge is 2.29. The number of Topliss-reactive ketones (excluding diaryl/α,β-unsaturated/α-hetero) is 1. The molecular formula is C26H26N4O3S. The van der Waals surface area contributed by atoms with E-state index in [-0.39, 0.29) is 17.5 Å². The Hall–Kier alpha value is -3.39. The fourth-order valence-electron chi connectivity index (χ4n) is 4.87. The average molecular weight is 475 g/mol. The largest absolute Gasteiger partial charge is 0.464 e. The van der Waals surface area contributed by atoms with Crippen molar-refractivity contribution in [2.24, 2.45) is 5.92 Å². The summed E-state index contributed by atoms with van der Waals surface area (Å²) in [5.74, 6) is 0.783. The first kappa shape index (κ1) is 22.4. The van der Waals surface area contributed by atoms with Crippen LogP contribution < -0.4 is 0 Å². The lowest BCUT2D eigenvalue weighted by Gasteiger charge is -2.31. The van der Waals surface area contributed by atoms with Crippen LogP contribution in [-0.4, -0.2) is 38.4 Å². The predicted molar refractivity (Wildman–Crippen MR) is 131 cm³/mol. The highest BCUT2D eigenvalue weighted by molar-refractivity contribution is 7.14. The molecule has 0 bridgehead atoms. The molecule has 4 heterocycles. The van der Waals surface area contributed by atoms with Crippen molar-refractivity contribution in [2.75, 3.05) is 7.11 Å². The molecule has 0 N–H and O–H groups in total. The summed E-state index contributed by atoms with van der Waals surface area (Å²) in [6, 6.07) is 13.4. The number of hydrogen-bond acceptors (Lipinski definition) is 7. The van der Waals surface area contributed by atoms with Crippen LogP contribution >= 0.6 is 11.3 Å². The molecule has 0 spiro atoms. The molecular weight excluding hydrogens is 448 g/mol. The van der Waals surface area contributed by atoms with Gasteiger partial charge >= 0.3 is 5.97 Å². The van der Waals surface area contributed by atoms with E-state index in [9.17, 15) is 9.59 Å². The molecule has 0 aromatic carbocycles. The van der Waals surface area contributed by atoms with E-state index in [1.165, 1.54) is 7.11 Å². The lowest BCUT2D eigenvalue weighted by molar-refractivity contribution is 0.0594. The van der Waals surface area contributed by atoms with Crippen LogP contribution in [0.25, 0.3) is 22.7 Å². The van der Waals surface area contributed by atoms with Crippen molar-refractivity contribution in [3.8, 4) is 11.5 Å². The number of aryl methyl sites for hydroxylation is 1. The molecule has 8 heteroatoms. The van der Waals surface area contributed by atoms with Crippen molar-refractivity contribution >= 4 is 34.3 Å². The SMILES string of the molecule is COC(=O)c1ccc2c(n1)nc(-c1ccccn1)n2[C@@H]1CCC[C@H](CC(=O)c2ccc(C)s2)C1. The van der Waals surface area contributed by atoms with E-state index < -0.39 is 5.97 Å². The van der Waals surface area contributed by atoms with E-state index in [1.54, 1.807) is 23.6 Å². The van der Waals surface area contributed by atoms with Crippen molar-refractivity contribution in [3.63, 3.8) is 0 Å².